The smallest absolute Gasteiger partial charge is 0.335 e. The fraction of sp³-hybridized carbons (Fsp3) is 0.133. The van der Waals surface area contributed by atoms with E-state index in [4.69, 9.17) is 22.4 Å². The lowest BCUT2D eigenvalue weighted by atomic mass is 10.1. The van der Waals surface area contributed by atoms with Crippen LogP contribution >= 0.6 is 11.6 Å². The predicted molar refractivity (Wildman–Crippen MR) is 81.4 cm³/mol. The van der Waals surface area contributed by atoms with Crippen molar-refractivity contribution in [2.45, 2.75) is 6.54 Å². The second kappa shape index (κ2) is 5.84. The Labute approximate surface area is 122 Å². The van der Waals surface area contributed by atoms with Crippen molar-refractivity contribution in [2.75, 3.05) is 17.7 Å². The number of hydrogen-bond acceptors (Lipinski definition) is 3. The molecule has 0 aromatic heterocycles. The van der Waals surface area contributed by atoms with Crippen molar-refractivity contribution >= 4 is 28.9 Å². The van der Waals surface area contributed by atoms with Crippen molar-refractivity contribution in [3.63, 3.8) is 0 Å². The molecule has 0 heterocycles. The van der Waals surface area contributed by atoms with Gasteiger partial charge in [-0.1, -0.05) is 29.8 Å². The number of carboxylic acids is 1. The van der Waals surface area contributed by atoms with Crippen molar-refractivity contribution < 1.29 is 9.90 Å². The highest BCUT2D eigenvalue weighted by atomic mass is 35.5. The van der Waals surface area contributed by atoms with Gasteiger partial charge in [-0.05, 0) is 29.8 Å². The molecule has 3 N–H and O–H groups in total. The van der Waals surface area contributed by atoms with Gasteiger partial charge in [0.1, 0.15) is 0 Å². The first kappa shape index (κ1) is 14.2. The minimum absolute atomic E-state index is 0.209. The van der Waals surface area contributed by atoms with E-state index in [1.165, 1.54) is 6.07 Å². The van der Waals surface area contributed by atoms with Crippen molar-refractivity contribution in [3.05, 3.63) is 58.6 Å². The van der Waals surface area contributed by atoms with Gasteiger partial charge >= 0.3 is 5.97 Å². The molecule has 5 heteroatoms. The average molecular weight is 291 g/mol. The van der Waals surface area contributed by atoms with Gasteiger partial charge in [-0.25, -0.2) is 4.79 Å². The zero-order chi connectivity index (χ0) is 14.7. The molecule has 2 aromatic rings. The highest BCUT2D eigenvalue weighted by Crippen LogP contribution is 2.26. The molecule has 4 nitrogen and oxygen atoms in total. The molecular weight excluding hydrogens is 276 g/mol. The minimum atomic E-state index is -0.975. The molecule has 0 spiro atoms. The number of hydrogen-bond donors (Lipinski definition) is 2. The molecule has 0 fully saturated rings. The number of nitrogen functional groups attached to an aromatic ring is 1. The monoisotopic (exact) mass is 290 g/mol. The molecule has 0 saturated carbocycles. The molecule has 2 aromatic carbocycles. The first-order valence-electron chi connectivity index (χ1n) is 6.06. The van der Waals surface area contributed by atoms with Crippen LogP contribution in [0.4, 0.5) is 11.4 Å². The fourth-order valence-corrected chi connectivity index (χ4v) is 2.17. The molecule has 0 aliphatic carbocycles. The van der Waals surface area contributed by atoms with Crippen LogP contribution < -0.4 is 10.6 Å². The summed E-state index contributed by atoms with van der Waals surface area (Å²) in [5.74, 6) is -0.975. The molecule has 0 saturated heterocycles. The van der Waals surface area contributed by atoms with E-state index in [2.05, 4.69) is 0 Å². The standard InChI is InChI=1S/C15H15ClN2O2/c1-18(9-11-4-2-3-5-12(11)16)14-8-10(15(19)20)6-7-13(14)17/h2-8H,9,17H2,1H3,(H,19,20). The second-order valence-electron chi connectivity index (χ2n) is 4.53. The number of carboxylic acid groups (broad SMARTS) is 1. The van der Waals surface area contributed by atoms with Crippen LogP contribution in [0.3, 0.4) is 0 Å². The second-order valence-corrected chi connectivity index (χ2v) is 4.93. The topological polar surface area (TPSA) is 66.6 Å². The molecule has 20 heavy (non-hydrogen) atoms. The molecule has 0 atom stereocenters. The van der Waals surface area contributed by atoms with Crippen molar-refractivity contribution in [1.29, 1.82) is 0 Å². The quantitative estimate of drug-likeness (QED) is 0.848. The van der Waals surface area contributed by atoms with Crippen LogP contribution in [-0.2, 0) is 6.54 Å². The van der Waals surface area contributed by atoms with Gasteiger partial charge in [0.25, 0.3) is 0 Å². The molecule has 104 valence electrons. The van der Waals surface area contributed by atoms with Crippen molar-refractivity contribution in [1.82, 2.24) is 0 Å². The van der Waals surface area contributed by atoms with Gasteiger partial charge in [-0.3, -0.25) is 0 Å². The predicted octanol–water partition coefficient (Wildman–Crippen LogP) is 3.26. The maximum atomic E-state index is 11.0. The van der Waals surface area contributed by atoms with E-state index in [9.17, 15) is 4.79 Å². The van der Waals surface area contributed by atoms with E-state index in [0.29, 0.717) is 22.9 Å². The van der Waals surface area contributed by atoms with Crippen LogP contribution in [0.25, 0.3) is 0 Å². The average Bonchev–Trinajstić information content (AvgIpc) is 2.41. The Morgan fingerprint density at radius 3 is 2.65 bits per heavy atom. The Morgan fingerprint density at radius 1 is 1.30 bits per heavy atom. The molecule has 0 amide bonds. The summed E-state index contributed by atoms with van der Waals surface area (Å²) in [6.07, 6.45) is 0. The van der Waals surface area contributed by atoms with E-state index in [1.807, 2.05) is 36.2 Å². The third-order valence-corrected chi connectivity index (χ3v) is 3.42. The number of anilines is 2. The number of aromatic carboxylic acids is 1. The number of benzene rings is 2. The zero-order valence-electron chi connectivity index (χ0n) is 11.0. The van der Waals surface area contributed by atoms with Gasteiger partial charge < -0.3 is 15.7 Å². The molecule has 2 rings (SSSR count). The Balaban J connectivity index is 2.29. The maximum absolute atomic E-state index is 11.0. The first-order chi connectivity index (χ1) is 9.49. The van der Waals surface area contributed by atoms with Gasteiger partial charge in [-0.2, -0.15) is 0 Å². The number of carbonyl (C=O) groups is 1. The highest BCUT2D eigenvalue weighted by molar-refractivity contribution is 6.31. The fourth-order valence-electron chi connectivity index (χ4n) is 1.97. The lowest BCUT2D eigenvalue weighted by Crippen LogP contribution is -2.18. The molecule has 0 bridgehead atoms. The Kier molecular flexibility index (Phi) is 4.15. The third kappa shape index (κ3) is 3.03. The Hall–Kier alpha value is -2.20. The van der Waals surface area contributed by atoms with Gasteiger partial charge in [-0.15, -0.1) is 0 Å². The number of rotatable bonds is 4. The van der Waals surface area contributed by atoms with Gasteiger partial charge in [0, 0.05) is 18.6 Å². The number of halogens is 1. The lowest BCUT2D eigenvalue weighted by Gasteiger charge is -2.22. The first-order valence-corrected chi connectivity index (χ1v) is 6.44. The lowest BCUT2D eigenvalue weighted by molar-refractivity contribution is 0.0697. The van der Waals surface area contributed by atoms with Crippen LogP contribution in [0.15, 0.2) is 42.5 Å². The summed E-state index contributed by atoms with van der Waals surface area (Å²) in [4.78, 5) is 12.9. The van der Waals surface area contributed by atoms with Crippen LogP contribution in [-0.4, -0.2) is 18.1 Å². The molecule has 0 aliphatic rings. The summed E-state index contributed by atoms with van der Waals surface area (Å²) in [5, 5.41) is 9.71. The van der Waals surface area contributed by atoms with Crippen LogP contribution in [0.5, 0.6) is 0 Å². The third-order valence-electron chi connectivity index (χ3n) is 3.05. The molecule has 0 aliphatic heterocycles. The number of nitrogens with zero attached hydrogens (tertiary/aromatic N) is 1. The summed E-state index contributed by atoms with van der Waals surface area (Å²) < 4.78 is 0. The van der Waals surface area contributed by atoms with Gasteiger partial charge in [0.15, 0.2) is 0 Å². The normalized spacial score (nSPS) is 10.3. The largest absolute Gasteiger partial charge is 0.478 e. The van der Waals surface area contributed by atoms with Crippen molar-refractivity contribution in [3.8, 4) is 0 Å². The molecular formula is C15H15ClN2O2. The van der Waals surface area contributed by atoms with E-state index >= 15 is 0 Å². The van der Waals surface area contributed by atoms with Crippen LogP contribution in [0.1, 0.15) is 15.9 Å². The summed E-state index contributed by atoms with van der Waals surface area (Å²) in [7, 11) is 1.85. The van der Waals surface area contributed by atoms with Crippen LogP contribution in [0, 0.1) is 0 Å². The highest BCUT2D eigenvalue weighted by Gasteiger charge is 2.11. The maximum Gasteiger partial charge on any atom is 0.335 e. The summed E-state index contributed by atoms with van der Waals surface area (Å²) in [6, 6.07) is 12.2. The van der Waals surface area contributed by atoms with Crippen LogP contribution in [0.2, 0.25) is 5.02 Å². The Bertz CT molecular complexity index is 644. The van der Waals surface area contributed by atoms with Crippen molar-refractivity contribution in [2.24, 2.45) is 0 Å². The SMILES string of the molecule is CN(Cc1ccccc1Cl)c1cc(C(=O)O)ccc1N. The minimum Gasteiger partial charge on any atom is -0.478 e. The molecule has 0 radical (unpaired) electrons. The van der Waals surface area contributed by atoms with Gasteiger partial charge in [0.05, 0.1) is 16.9 Å². The Morgan fingerprint density at radius 2 is 2.00 bits per heavy atom. The van der Waals surface area contributed by atoms with E-state index < -0.39 is 5.97 Å². The van der Waals surface area contributed by atoms with E-state index in [-0.39, 0.29) is 5.56 Å². The van der Waals surface area contributed by atoms with E-state index in [1.54, 1.807) is 12.1 Å². The summed E-state index contributed by atoms with van der Waals surface area (Å²) >= 11 is 6.13. The zero-order valence-corrected chi connectivity index (χ0v) is 11.8. The summed E-state index contributed by atoms with van der Waals surface area (Å²) in [5.41, 5.74) is 8.28. The summed E-state index contributed by atoms with van der Waals surface area (Å²) in [6.45, 7) is 0.549. The number of nitrogens with two attached hydrogens (primary N) is 1. The van der Waals surface area contributed by atoms with E-state index in [0.717, 1.165) is 5.56 Å². The van der Waals surface area contributed by atoms with Gasteiger partial charge in [0.2, 0.25) is 0 Å². The molecule has 0 unspecified atom stereocenters.